The number of amides is 2. The van der Waals surface area contributed by atoms with Crippen molar-refractivity contribution in [3.8, 4) is 0 Å². The van der Waals surface area contributed by atoms with Gasteiger partial charge in [-0.05, 0) is 32.0 Å². The lowest BCUT2D eigenvalue weighted by Crippen LogP contribution is -2.51. The highest BCUT2D eigenvalue weighted by Gasteiger charge is 2.38. The third-order valence-corrected chi connectivity index (χ3v) is 4.56. The first-order valence-corrected chi connectivity index (χ1v) is 8.77. The summed E-state index contributed by atoms with van der Waals surface area (Å²) in [7, 11) is 1.73. The van der Waals surface area contributed by atoms with E-state index in [9.17, 15) is 27.2 Å². The van der Waals surface area contributed by atoms with Gasteiger partial charge in [0.25, 0.3) is 5.91 Å². The molecule has 0 radical (unpaired) electrons. The van der Waals surface area contributed by atoms with Crippen LogP contribution in [0.1, 0.15) is 29.6 Å². The van der Waals surface area contributed by atoms with Crippen molar-refractivity contribution in [2.24, 2.45) is 0 Å². The van der Waals surface area contributed by atoms with Gasteiger partial charge in [-0.2, -0.15) is 13.2 Å². The Hall–Kier alpha value is -2.16. The lowest BCUT2D eigenvalue weighted by molar-refractivity contribution is -0.148. The number of nitrogens with zero attached hydrogens (tertiary/aromatic N) is 2. The minimum atomic E-state index is -4.60. The van der Waals surface area contributed by atoms with Crippen LogP contribution < -0.4 is 5.32 Å². The van der Waals surface area contributed by atoms with Crippen LogP contribution in [0.4, 0.5) is 17.6 Å². The summed E-state index contributed by atoms with van der Waals surface area (Å²) in [5.41, 5.74) is -0.380. The van der Waals surface area contributed by atoms with E-state index in [1.807, 2.05) is 0 Å². The molecular weight excluding hydrogens is 366 g/mol. The number of likely N-dealkylation sites (tertiary alicyclic amines) is 1. The smallest absolute Gasteiger partial charge is 0.343 e. The largest absolute Gasteiger partial charge is 0.406 e. The van der Waals surface area contributed by atoms with Crippen molar-refractivity contribution in [1.29, 1.82) is 0 Å². The van der Waals surface area contributed by atoms with Crippen molar-refractivity contribution in [3.63, 3.8) is 0 Å². The molecular formula is C18H23F4N3O2. The maximum Gasteiger partial charge on any atom is 0.406 e. The standard InChI is InChI=1S/C18H23F4N3O2/c1-23-9-6-16(26)24-10-7-13(8-11-24)25(12-18(20,21)22)17(27)14-4-2-3-5-15(14)19/h2-5,13,23H,6-12H2,1H3. The molecule has 1 N–H and O–H groups in total. The zero-order valence-electron chi connectivity index (χ0n) is 15.1. The molecule has 150 valence electrons. The monoisotopic (exact) mass is 389 g/mol. The maximum atomic E-state index is 13.9. The van der Waals surface area contributed by atoms with E-state index in [0.29, 0.717) is 17.9 Å². The molecule has 2 rings (SSSR count). The third kappa shape index (κ3) is 5.92. The number of alkyl halides is 3. The third-order valence-electron chi connectivity index (χ3n) is 4.56. The second-order valence-electron chi connectivity index (χ2n) is 6.49. The molecule has 0 atom stereocenters. The topological polar surface area (TPSA) is 52.7 Å². The first-order valence-electron chi connectivity index (χ1n) is 8.77. The number of halogens is 4. The lowest BCUT2D eigenvalue weighted by Gasteiger charge is -2.39. The van der Waals surface area contributed by atoms with E-state index in [4.69, 9.17) is 0 Å². The molecule has 5 nitrogen and oxygen atoms in total. The van der Waals surface area contributed by atoms with Gasteiger partial charge in [-0.15, -0.1) is 0 Å². The molecule has 1 saturated heterocycles. The maximum absolute atomic E-state index is 13.9. The van der Waals surface area contributed by atoms with E-state index in [0.717, 1.165) is 6.07 Å². The molecule has 1 fully saturated rings. The molecule has 0 aromatic heterocycles. The summed E-state index contributed by atoms with van der Waals surface area (Å²) in [6.07, 6.45) is -3.84. The number of piperidine rings is 1. The van der Waals surface area contributed by atoms with Gasteiger partial charge in [0, 0.05) is 32.1 Å². The summed E-state index contributed by atoms with van der Waals surface area (Å²) in [6, 6.07) is 4.30. The molecule has 1 aliphatic heterocycles. The Bertz CT molecular complexity index is 658. The Morgan fingerprint density at radius 3 is 2.41 bits per heavy atom. The number of nitrogens with one attached hydrogen (secondary N) is 1. The minimum absolute atomic E-state index is 0.0781. The van der Waals surface area contributed by atoms with Crippen LogP contribution in [0.2, 0.25) is 0 Å². The van der Waals surface area contributed by atoms with E-state index >= 15 is 0 Å². The average Bonchev–Trinajstić information content (AvgIpc) is 2.63. The van der Waals surface area contributed by atoms with E-state index in [1.54, 1.807) is 11.9 Å². The van der Waals surface area contributed by atoms with E-state index in [1.165, 1.54) is 18.2 Å². The van der Waals surface area contributed by atoms with Gasteiger partial charge in [0.05, 0.1) is 5.56 Å². The molecule has 0 bridgehead atoms. The first kappa shape index (κ1) is 21.1. The van der Waals surface area contributed by atoms with Gasteiger partial charge in [-0.25, -0.2) is 4.39 Å². The van der Waals surface area contributed by atoms with Crippen molar-refractivity contribution in [3.05, 3.63) is 35.6 Å². The van der Waals surface area contributed by atoms with Crippen LogP contribution in [0, 0.1) is 5.82 Å². The Kier molecular flexibility index (Phi) is 7.18. The van der Waals surface area contributed by atoms with Crippen molar-refractivity contribution in [1.82, 2.24) is 15.1 Å². The summed E-state index contributed by atoms with van der Waals surface area (Å²) < 4.78 is 53.0. The van der Waals surface area contributed by atoms with E-state index in [-0.39, 0.29) is 37.4 Å². The molecule has 0 unspecified atom stereocenters. The van der Waals surface area contributed by atoms with Crippen LogP contribution in [0.15, 0.2) is 24.3 Å². The summed E-state index contributed by atoms with van der Waals surface area (Å²) in [5.74, 6) is -1.91. The quantitative estimate of drug-likeness (QED) is 0.761. The molecule has 9 heteroatoms. The predicted molar refractivity (Wildman–Crippen MR) is 91.6 cm³/mol. The number of carbonyl (C=O) groups is 2. The van der Waals surface area contributed by atoms with Crippen molar-refractivity contribution in [2.75, 3.05) is 33.2 Å². The zero-order valence-corrected chi connectivity index (χ0v) is 15.1. The summed E-state index contributed by atoms with van der Waals surface area (Å²) in [6.45, 7) is -0.387. The summed E-state index contributed by atoms with van der Waals surface area (Å²) in [5, 5.41) is 2.87. The summed E-state index contributed by atoms with van der Waals surface area (Å²) >= 11 is 0. The van der Waals surface area contributed by atoms with Crippen LogP contribution in [0.3, 0.4) is 0 Å². The number of carbonyl (C=O) groups excluding carboxylic acids is 2. The van der Waals surface area contributed by atoms with Crippen LogP contribution >= 0.6 is 0 Å². The van der Waals surface area contributed by atoms with Crippen LogP contribution in [0.5, 0.6) is 0 Å². The molecule has 27 heavy (non-hydrogen) atoms. The van der Waals surface area contributed by atoms with Gasteiger partial charge >= 0.3 is 6.18 Å². The van der Waals surface area contributed by atoms with Crippen LogP contribution in [-0.4, -0.2) is 67.1 Å². The molecule has 1 aromatic carbocycles. The van der Waals surface area contributed by atoms with E-state index < -0.39 is 30.5 Å². The Morgan fingerprint density at radius 1 is 1.22 bits per heavy atom. The normalized spacial score (nSPS) is 15.7. The van der Waals surface area contributed by atoms with Crippen molar-refractivity contribution >= 4 is 11.8 Å². The van der Waals surface area contributed by atoms with Gasteiger partial charge in [-0.1, -0.05) is 12.1 Å². The number of hydrogen-bond donors (Lipinski definition) is 1. The molecule has 1 aromatic rings. The SMILES string of the molecule is CNCCC(=O)N1CCC(N(CC(F)(F)F)C(=O)c2ccccc2F)CC1. The number of hydrogen-bond acceptors (Lipinski definition) is 3. The molecule has 1 heterocycles. The zero-order chi connectivity index (χ0) is 20.0. The second-order valence-corrected chi connectivity index (χ2v) is 6.49. The lowest BCUT2D eigenvalue weighted by atomic mass is 10.0. The highest BCUT2D eigenvalue weighted by atomic mass is 19.4. The van der Waals surface area contributed by atoms with Gasteiger partial charge in [0.1, 0.15) is 12.4 Å². The minimum Gasteiger partial charge on any atom is -0.343 e. The van der Waals surface area contributed by atoms with Crippen molar-refractivity contribution in [2.45, 2.75) is 31.5 Å². The van der Waals surface area contributed by atoms with Gasteiger partial charge in [-0.3, -0.25) is 9.59 Å². The number of rotatable bonds is 6. The van der Waals surface area contributed by atoms with Crippen LogP contribution in [-0.2, 0) is 4.79 Å². The second kappa shape index (κ2) is 9.16. The molecule has 0 aliphatic carbocycles. The first-order chi connectivity index (χ1) is 12.7. The van der Waals surface area contributed by atoms with E-state index in [2.05, 4.69) is 5.32 Å². The highest BCUT2D eigenvalue weighted by Crippen LogP contribution is 2.25. The van der Waals surface area contributed by atoms with Crippen molar-refractivity contribution < 1.29 is 27.2 Å². The highest BCUT2D eigenvalue weighted by molar-refractivity contribution is 5.94. The average molecular weight is 389 g/mol. The fourth-order valence-electron chi connectivity index (χ4n) is 3.17. The van der Waals surface area contributed by atoms with Gasteiger partial charge < -0.3 is 15.1 Å². The molecule has 0 spiro atoms. The Morgan fingerprint density at radius 2 is 1.85 bits per heavy atom. The molecule has 1 aliphatic rings. The fraction of sp³-hybridized carbons (Fsp3) is 0.556. The Balaban J connectivity index is 2.11. The number of benzene rings is 1. The predicted octanol–water partition coefficient (Wildman–Crippen LogP) is 2.43. The molecule has 0 saturated carbocycles. The summed E-state index contributed by atoms with van der Waals surface area (Å²) in [4.78, 5) is 26.9. The van der Waals surface area contributed by atoms with Gasteiger partial charge in [0.15, 0.2) is 0 Å². The van der Waals surface area contributed by atoms with Crippen LogP contribution in [0.25, 0.3) is 0 Å². The molecule has 2 amide bonds. The fourth-order valence-corrected chi connectivity index (χ4v) is 3.17. The Labute approximate surface area is 155 Å². The van der Waals surface area contributed by atoms with Gasteiger partial charge in [0.2, 0.25) is 5.91 Å².